The van der Waals surface area contributed by atoms with Gasteiger partial charge in [-0.1, -0.05) is 6.07 Å². The van der Waals surface area contributed by atoms with Crippen LogP contribution < -0.4 is 10.6 Å². The molecule has 0 saturated carbocycles. The molecule has 132 valence electrons. The second kappa shape index (κ2) is 7.38. The predicted octanol–water partition coefficient (Wildman–Crippen LogP) is 4.90. The van der Waals surface area contributed by atoms with E-state index >= 15 is 0 Å². The molecule has 25 heavy (non-hydrogen) atoms. The van der Waals surface area contributed by atoms with Crippen molar-refractivity contribution in [3.63, 3.8) is 0 Å². The van der Waals surface area contributed by atoms with Crippen molar-refractivity contribution >= 4 is 23.4 Å². The van der Waals surface area contributed by atoms with E-state index in [1.165, 1.54) is 0 Å². The molecule has 2 N–H and O–H groups in total. The van der Waals surface area contributed by atoms with Gasteiger partial charge < -0.3 is 10.1 Å². The van der Waals surface area contributed by atoms with Gasteiger partial charge in [-0.05, 0) is 82.1 Å². The van der Waals surface area contributed by atoms with E-state index in [0.717, 1.165) is 11.1 Å². The van der Waals surface area contributed by atoms with Crippen LogP contribution in [0.15, 0.2) is 42.5 Å². The van der Waals surface area contributed by atoms with Crippen molar-refractivity contribution in [2.45, 2.75) is 40.2 Å². The zero-order valence-electron chi connectivity index (χ0n) is 15.3. The average Bonchev–Trinajstić information content (AvgIpc) is 2.50. The van der Waals surface area contributed by atoms with E-state index in [2.05, 4.69) is 10.6 Å². The van der Waals surface area contributed by atoms with Crippen molar-refractivity contribution in [2.24, 2.45) is 0 Å². The lowest BCUT2D eigenvalue weighted by atomic mass is 10.1. The Kier molecular flexibility index (Phi) is 5.47. The normalized spacial score (nSPS) is 10.9. The summed E-state index contributed by atoms with van der Waals surface area (Å²) in [5, 5.41) is 5.49. The van der Waals surface area contributed by atoms with E-state index in [4.69, 9.17) is 4.74 Å². The van der Waals surface area contributed by atoms with Crippen molar-refractivity contribution in [1.82, 2.24) is 0 Å². The smallest absolute Gasteiger partial charge is 0.412 e. The molecule has 0 bridgehead atoms. The molecular formula is C20H24N2O3. The third-order valence-electron chi connectivity index (χ3n) is 3.56. The van der Waals surface area contributed by atoms with Crippen LogP contribution in [0.3, 0.4) is 0 Å². The maximum atomic E-state index is 12.3. The van der Waals surface area contributed by atoms with Crippen molar-refractivity contribution in [2.75, 3.05) is 10.6 Å². The molecule has 0 aliphatic rings. The highest BCUT2D eigenvalue weighted by Gasteiger charge is 2.16. The first kappa shape index (κ1) is 18.5. The number of carbonyl (C=O) groups is 2. The van der Waals surface area contributed by atoms with Gasteiger partial charge in [-0.25, -0.2) is 4.79 Å². The number of carbonyl (C=O) groups excluding carboxylic acids is 2. The summed E-state index contributed by atoms with van der Waals surface area (Å²) in [5.74, 6) is -0.170. The van der Waals surface area contributed by atoms with E-state index in [9.17, 15) is 9.59 Å². The maximum absolute atomic E-state index is 12.3. The van der Waals surface area contributed by atoms with E-state index in [1.807, 2.05) is 26.0 Å². The Morgan fingerprint density at radius 3 is 1.92 bits per heavy atom. The number of amides is 2. The number of anilines is 2. The van der Waals surface area contributed by atoms with Crippen LogP contribution in [0.1, 0.15) is 42.3 Å². The lowest BCUT2D eigenvalue weighted by Gasteiger charge is -2.19. The molecule has 0 atom stereocenters. The SMILES string of the molecule is Cc1ccc(C(=O)Nc2ccc(NC(=O)OC(C)(C)C)cc2)cc1C. The maximum Gasteiger partial charge on any atom is 0.412 e. The fraction of sp³-hybridized carbons (Fsp3) is 0.300. The van der Waals surface area contributed by atoms with Crippen LogP contribution >= 0.6 is 0 Å². The van der Waals surface area contributed by atoms with Crippen LogP contribution in [0.4, 0.5) is 16.2 Å². The molecule has 0 saturated heterocycles. The average molecular weight is 340 g/mol. The molecule has 2 amide bonds. The largest absolute Gasteiger partial charge is 0.444 e. The molecule has 0 spiro atoms. The Morgan fingerprint density at radius 2 is 1.40 bits per heavy atom. The summed E-state index contributed by atoms with van der Waals surface area (Å²) in [6, 6.07) is 12.5. The van der Waals surface area contributed by atoms with Crippen LogP contribution in [0.25, 0.3) is 0 Å². The van der Waals surface area contributed by atoms with Gasteiger partial charge in [-0.15, -0.1) is 0 Å². The summed E-state index contributed by atoms with van der Waals surface area (Å²) >= 11 is 0. The molecule has 0 aromatic heterocycles. The quantitative estimate of drug-likeness (QED) is 0.835. The van der Waals surface area contributed by atoms with Gasteiger partial charge in [0, 0.05) is 16.9 Å². The molecule has 0 aliphatic carbocycles. The van der Waals surface area contributed by atoms with Gasteiger partial charge >= 0.3 is 6.09 Å². The lowest BCUT2D eigenvalue weighted by Crippen LogP contribution is -2.27. The molecule has 5 nitrogen and oxygen atoms in total. The summed E-state index contributed by atoms with van der Waals surface area (Å²) in [5.41, 5.74) is 3.53. The first-order chi connectivity index (χ1) is 11.6. The minimum atomic E-state index is -0.551. The number of ether oxygens (including phenoxy) is 1. The van der Waals surface area contributed by atoms with Crippen LogP contribution in [0.2, 0.25) is 0 Å². The number of rotatable bonds is 3. The minimum absolute atomic E-state index is 0.170. The molecule has 0 unspecified atom stereocenters. The number of aryl methyl sites for hydroxylation is 2. The Hall–Kier alpha value is -2.82. The molecule has 0 aliphatic heterocycles. The topological polar surface area (TPSA) is 67.4 Å². The first-order valence-electron chi connectivity index (χ1n) is 8.13. The Labute approximate surface area is 148 Å². The number of hydrogen-bond acceptors (Lipinski definition) is 3. The van der Waals surface area contributed by atoms with Crippen LogP contribution in [-0.2, 0) is 4.74 Å². The summed E-state index contributed by atoms with van der Waals surface area (Å²) in [4.78, 5) is 24.0. The second-order valence-corrected chi connectivity index (χ2v) is 6.96. The Bertz CT molecular complexity index is 775. The van der Waals surface area contributed by atoms with Gasteiger partial charge in [0.05, 0.1) is 0 Å². The molecule has 2 aromatic carbocycles. The van der Waals surface area contributed by atoms with Gasteiger partial charge in [0.15, 0.2) is 0 Å². The van der Waals surface area contributed by atoms with Crippen molar-refractivity contribution < 1.29 is 14.3 Å². The number of benzene rings is 2. The third kappa shape index (κ3) is 5.64. The summed E-state index contributed by atoms with van der Waals surface area (Å²) < 4.78 is 5.20. The molecule has 2 rings (SSSR count). The molecule has 0 fully saturated rings. The molecule has 0 radical (unpaired) electrons. The zero-order chi connectivity index (χ0) is 18.6. The van der Waals surface area contributed by atoms with Crippen LogP contribution in [-0.4, -0.2) is 17.6 Å². The van der Waals surface area contributed by atoms with Crippen molar-refractivity contribution in [3.05, 3.63) is 59.2 Å². The van der Waals surface area contributed by atoms with E-state index in [-0.39, 0.29) is 5.91 Å². The van der Waals surface area contributed by atoms with Crippen LogP contribution in [0.5, 0.6) is 0 Å². The molecular weight excluding hydrogens is 316 g/mol. The van der Waals surface area contributed by atoms with Gasteiger partial charge in [-0.3, -0.25) is 10.1 Å². The highest BCUT2D eigenvalue weighted by molar-refractivity contribution is 6.04. The fourth-order valence-electron chi connectivity index (χ4n) is 2.14. The summed E-state index contributed by atoms with van der Waals surface area (Å²) in [7, 11) is 0. The third-order valence-corrected chi connectivity index (χ3v) is 3.56. The van der Waals surface area contributed by atoms with Gasteiger partial charge in [0.2, 0.25) is 0 Å². The fourth-order valence-corrected chi connectivity index (χ4v) is 2.14. The lowest BCUT2D eigenvalue weighted by molar-refractivity contribution is 0.0635. The standard InChI is InChI=1S/C20H24N2O3/c1-13-6-7-15(12-14(13)2)18(23)21-16-8-10-17(11-9-16)22-19(24)25-20(3,4)5/h6-12H,1-5H3,(H,21,23)(H,22,24). The van der Waals surface area contributed by atoms with Gasteiger partial charge in [0.25, 0.3) is 5.91 Å². The van der Waals surface area contributed by atoms with Crippen molar-refractivity contribution in [1.29, 1.82) is 0 Å². The number of nitrogens with one attached hydrogen (secondary N) is 2. The Morgan fingerprint density at radius 1 is 0.840 bits per heavy atom. The molecule has 2 aromatic rings. The second-order valence-electron chi connectivity index (χ2n) is 6.96. The summed E-state index contributed by atoms with van der Waals surface area (Å²) in [6.07, 6.45) is -0.514. The van der Waals surface area contributed by atoms with E-state index in [1.54, 1.807) is 51.1 Å². The molecule has 0 heterocycles. The monoisotopic (exact) mass is 340 g/mol. The predicted molar refractivity (Wildman–Crippen MR) is 100 cm³/mol. The van der Waals surface area contributed by atoms with E-state index < -0.39 is 11.7 Å². The molecule has 5 heteroatoms. The highest BCUT2D eigenvalue weighted by atomic mass is 16.6. The highest BCUT2D eigenvalue weighted by Crippen LogP contribution is 2.17. The van der Waals surface area contributed by atoms with Crippen LogP contribution in [0, 0.1) is 13.8 Å². The first-order valence-corrected chi connectivity index (χ1v) is 8.13. The van der Waals surface area contributed by atoms with Gasteiger partial charge in [-0.2, -0.15) is 0 Å². The van der Waals surface area contributed by atoms with Gasteiger partial charge in [0.1, 0.15) is 5.60 Å². The van der Waals surface area contributed by atoms with Crippen molar-refractivity contribution in [3.8, 4) is 0 Å². The summed E-state index contributed by atoms with van der Waals surface area (Å²) in [6.45, 7) is 9.39. The van der Waals surface area contributed by atoms with E-state index in [0.29, 0.717) is 16.9 Å². The minimum Gasteiger partial charge on any atom is -0.444 e. The zero-order valence-corrected chi connectivity index (χ0v) is 15.3. The Balaban J connectivity index is 1.99. The number of hydrogen-bond donors (Lipinski definition) is 2.